The Morgan fingerprint density at radius 1 is 0.629 bits per heavy atom. The lowest BCUT2D eigenvalue weighted by Crippen LogP contribution is -2.55. The average Bonchev–Trinajstić information content (AvgIpc) is 3.19. The normalized spacial score (nSPS) is 13.3. The zero-order valence-corrected chi connectivity index (χ0v) is 34.5. The summed E-state index contributed by atoms with van der Waals surface area (Å²) in [5.74, 6) is -2.42. The molecule has 8 amide bonds. The largest absolute Gasteiger partial charge is 0.450 e. The van der Waals surface area contributed by atoms with E-state index in [9.17, 15) is 58.8 Å². The fourth-order valence-corrected chi connectivity index (χ4v) is 5.52. The molecular weight excluding hydrogens is 824 g/mol. The minimum absolute atomic E-state index is 0.0375. The summed E-state index contributed by atoms with van der Waals surface area (Å²) < 4.78 is 9.64. The summed E-state index contributed by atoms with van der Waals surface area (Å²) in [5.41, 5.74) is 4.90. The summed E-state index contributed by atoms with van der Waals surface area (Å²) >= 11 is 0. The second-order valence-corrected chi connectivity index (χ2v) is 13.9. The van der Waals surface area contributed by atoms with Crippen molar-refractivity contribution in [3.63, 3.8) is 0 Å². The number of nitrogens with one attached hydrogen (secondary N) is 9. The van der Waals surface area contributed by atoms with Gasteiger partial charge >= 0.3 is 24.2 Å². The van der Waals surface area contributed by atoms with Gasteiger partial charge < -0.3 is 62.2 Å². The first-order valence-electron chi connectivity index (χ1n) is 19.8. The number of amides is 8. The molecule has 0 radical (unpaired) electrons. The van der Waals surface area contributed by atoms with Crippen molar-refractivity contribution in [1.82, 2.24) is 46.5 Å². The minimum Gasteiger partial charge on any atom is -0.450 e. The van der Waals surface area contributed by atoms with Gasteiger partial charge in [-0.05, 0) is 52.4 Å². The molecule has 0 spiro atoms. The standard InChI is InChI=1S/C36H58N12O14/c1-20-18-23(49)45-32(42-20)47-34(58)40-12-7-3-4-8-13-41-36(60)62-17-15-39-30(56)28(54)26(52)25(51)27(53)29(55)38-14-11-22(10-6-5-9-16-61-31(37)57)44-35(59)48-33-43-21(2)19-24(50)46-33/h18-19,22,25-28,51-54H,3-17H2,1-2H3,(H2,37,57)(H,38,55)(H,39,56)(H,41,60)(H3,40,42,45,47,49,58)(H3,43,44,46,48,50,59). The lowest BCUT2D eigenvalue weighted by molar-refractivity contribution is -0.155. The van der Waals surface area contributed by atoms with E-state index in [4.69, 9.17) is 15.2 Å². The number of nitrogens with zero attached hydrogens (tertiary/aromatic N) is 2. The van der Waals surface area contributed by atoms with Gasteiger partial charge in [0.15, 0.2) is 12.2 Å². The van der Waals surface area contributed by atoms with Crippen molar-refractivity contribution in [2.24, 2.45) is 5.73 Å². The van der Waals surface area contributed by atoms with Crippen LogP contribution in [0.1, 0.15) is 69.2 Å². The molecule has 26 nitrogen and oxygen atoms in total. The number of hydrogen-bond donors (Lipinski definition) is 14. The minimum atomic E-state index is -2.31. The van der Waals surface area contributed by atoms with Crippen molar-refractivity contribution in [2.75, 3.05) is 50.0 Å². The Labute approximate surface area is 354 Å². The number of alkyl carbamates (subject to hydrolysis) is 1. The van der Waals surface area contributed by atoms with E-state index in [2.05, 4.69) is 57.2 Å². The number of aliphatic hydroxyl groups is 4. The Hall–Kier alpha value is -6.38. The summed E-state index contributed by atoms with van der Waals surface area (Å²) in [4.78, 5) is 108. The molecule has 5 atom stereocenters. The van der Waals surface area contributed by atoms with Crippen molar-refractivity contribution < 1.29 is 58.7 Å². The Kier molecular flexibility index (Phi) is 23.5. The summed E-state index contributed by atoms with van der Waals surface area (Å²) in [5, 5.41) is 58.5. The zero-order chi connectivity index (χ0) is 46.0. The monoisotopic (exact) mass is 882 g/mol. The van der Waals surface area contributed by atoms with E-state index in [1.165, 1.54) is 12.1 Å². The fraction of sp³-hybridized carbons (Fsp3) is 0.611. The summed E-state index contributed by atoms with van der Waals surface area (Å²) in [6.45, 7) is 3.18. The van der Waals surface area contributed by atoms with Crippen molar-refractivity contribution in [3.8, 4) is 0 Å². The first-order chi connectivity index (χ1) is 29.4. The van der Waals surface area contributed by atoms with Crippen LogP contribution in [0.15, 0.2) is 21.7 Å². The predicted molar refractivity (Wildman–Crippen MR) is 219 cm³/mol. The Balaban J connectivity index is 1.65. The molecule has 0 fully saturated rings. The van der Waals surface area contributed by atoms with Crippen LogP contribution in [0.3, 0.4) is 0 Å². The van der Waals surface area contributed by atoms with Crippen molar-refractivity contribution in [2.45, 2.75) is 102 Å². The number of aryl methyl sites for hydroxylation is 2. The maximum atomic E-state index is 12.7. The van der Waals surface area contributed by atoms with Crippen LogP contribution in [-0.4, -0.2) is 146 Å². The quantitative estimate of drug-likeness (QED) is 0.0423. The molecular formula is C36H58N12O14. The van der Waals surface area contributed by atoms with Gasteiger partial charge in [0, 0.05) is 49.2 Å². The molecule has 62 heavy (non-hydrogen) atoms. The molecule has 0 aromatic carbocycles. The highest BCUT2D eigenvalue weighted by Crippen LogP contribution is 2.10. The van der Waals surface area contributed by atoms with Crippen LogP contribution in [0.25, 0.3) is 0 Å². The number of carbonyl (C=O) groups is 6. The van der Waals surface area contributed by atoms with Gasteiger partial charge in [-0.1, -0.05) is 19.3 Å². The number of ether oxygens (including phenoxy) is 2. The number of unbranched alkanes of at least 4 members (excludes halogenated alkanes) is 5. The maximum absolute atomic E-state index is 12.7. The molecule has 0 saturated heterocycles. The number of aromatic nitrogens is 4. The van der Waals surface area contributed by atoms with E-state index in [0.29, 0.717) is 56.5 Å². The molecule has 0 aliphatic heterocycles. The molecule has 26 heteroatoms. The highest BCUT2D eigenvalue weighted by Gasteiger charge is 2.37. The molecule has 2 aromatic rings. The van der Waals surface area contributed by atoms with Gasteiger partial charge in [0.05, 0.1) is 13.2 Å². The number of H-pyrrole nitrogens is 2. The molecule has 0 aliphatic carbocycles. The third kappa shape index (κ3) is 21.7. The molecule has 5 unspecified atom stereocenters. The van der Waals surface area contributed by atoms with Crippen LogP contribution in [0.5, 0.6) is 0 Å². The summed E-state index contributed by atoms with van der Waals surface area (Å²) in [7, 11) is 0. The number of aliphatic hydroxyl groups excluding tert-OH is 4. The first-order valence-corrected chi connectivity index (χ1v) is 19.8. The SMILES string of the molecule is Cc1cc(=O)[nH]c(NC(=O)NCCCCCCNC(=O)OCCNC(=O)C(O)C(O)C(O)C(O)C(=O)NCCC(CCCCCOC(N)=O)NC(=O)Nc2nc(C)cc(=O)[nH]2)n1. The van der Waals surface area contributed by atoms with E-state index < -0.39 is 72.1 Å². The van der Waals surface area contributed by atoms with E-state index in [1.54, 1.807) is 13.8 Å². The maximum Gasteiger partial charge on any atom is 0.407 e. The van der Waals surface area contributed by atoms with Gasteiger partial charge in [-0.3, -0.25) is 39.8 Å². The van der Waals surface area contributed by atoms with E-state index in [-0.39, 0.29) is 56.7 Å². The van der Waals surface area contributed by atoms with Crippen molar-refractivity contribution in [1.29, 1.82) is 0 Å². The van der Waals surface area contributed by atoms with Crippen LogP contribution in [-0.2, 0) is 19.1 Å². The lowest BCUT2D eigenvalue weighted by Gasteiger charge is -2.26. The number of aromatic amines is 2. The highest BCUT2D eigenvalue weighted by molar-refractivity contribution is 5.88. The van der Waals surface area contributed by atoms with E-state index >= 15 is 0 Å². The molecule has 2 rings (SSSR count). The molecule has 15 N–H and O–H groups in total. The van der Waals surface area contributed by atoms with Crippen LogP contribution < -0.4 is 54.1 Å². The molecule has 2 aromatic heterocycles. The van der Waals surface area contributed by atoms with Crippen molar-refractivity contribution >= 4 is 48.0 Å². The lowest BCUT2D eigenvalue weighted by atomic mass is 10.0. The van der Waals surface area contributed by atoms with Crippen LogP contribution in [0, 0.1) is 13.8 Å². The molecule has 0 aliphatic rings. The number of primary amides is 1. The fourth-order valence-electron chi connectivity index (χ4n) is 5.52. The number of rotatable bonds is 27. The molecule has 346 valence electrons. The predicted octanol–water partition coefficient (Wildman–Crippen LogP) is -2.21. The van der Waals surface area contributed by atoms with Crippen LogP contribution in [0.2, 0.25) is 0 Å². The van der Waals surface area contributed by atoms with E-state index in [0.717, 1.165) is 12.8 Å². The second-order valence-electron chi connectivity index (χ2n) is 13.9. The van der Waals surface area contributed by atoms with Gasteiger partial charge in [0.25, 0.3) is 22.9 Å². The topological polar surface area (TPSA) is 404 Å². The third-order valence-electron chi connectivity index (χ3n) is 8.60. The number of urea groups is 2. The molecule has 0 bridgehead atoms. The number of nitrogens with two attached hydrogens (primary N) is 1. The summed E-state index contributed by atoms with van der Waals surface area (Å²) in [6, 6.07) is 0.710. The van der Waals surface area contributed by atoms with Gasteiger partial charge in [-0.2, -0.15) is 0 Å². The average molecular weight is 883 g/mol. The molecule has 2 heterocycles. The Morgan fingerprint density at radius 2 is 1.15 bits per heavy atom. The number of carbonyl (C=O) groups excluding carboxylic acids is 6. The van der Waals surface area contributed by atoms with Crippen LogP contribution >= 0.6 is 0 Å². The van der Waals surface area contributed by atoms with Crippen molar-refractivity contribution in [3.05, 3.63) is 44.2 Å². The van der Waals surface area contributed by atoms with Gasteiger partial charge in [0.1, 0.15) is 18.8 Å². The Morgan fingerprint density at radius 3 is 1.69 bits per heavy atom. The number of hydrogen-bond acceptors (Lipinski definition) is 16. The van der Waals surface area contributed by atoms with Gasteiger partial charge in [-0.25, -0.2) is 29.1 Å². The third-order valence-corrected chi connectivity index (χ3v) is 8.60. The first kappa shape index (κ1) is 51.8. The van der Waals surface area contributed by atoms with E-state index in [1.807, 2.05) is 0 Å². The second kappa shape index (κ2) is 28.2. The van der Waals surface area contributed by atoms with Crippen LogP contribution in [0.4, 0.5) is 31.1 Å². The highest BCUT2D eigenvalue weighted by atomic mass is 16.6. The smallest absolute Gasteiger partial charge is 0.407 e. The van der Waals surface area contributed by atoms with Gasteiger partial charge in [0.2, 0.25) is 11.9 Å². The summed E-state index contributed by atoms with van der Waals surface area (Å²) in [6.07, 6.45) is -6.06. The van der Waals surface area contributed by atoms with Gasteiger partial charge in [-0.15, -0.1) is 0 Å². The number of anilines is 2. The molecule has 0 saturated carbocycles. The Bertz CT molecular complexity index is 1880. The zero-order valence-electron chi connectivity index (χ0n) is 34.5.